The highest BCUT2D eigenvalue weighted by Gasteiger charge is 2.16. The third-order valence-corrected chi connectivity index (χ3v) is 14.4. The van der Waals surface area contributed by atoms with Gasteiger partial charge in [-0.25, -0.2) is 0 Å². The summed E-state index contributed by atoms with van der Waals surface area (Å²) in [5.41, 5.74) is 0. The van der Waals surface area contributed by atoms with Crippen molar-refractivity contribution in [3.8, 4) is 0 Å². The van der Waals surface area contributed by atoms with Crippen molar-refractivity contribution in [3.05, 3.63) is 36.5 Å². The standard InChI is InChI=1S/C65H122O5/c1-3-5-7-9-11-13-15-17-19-21-23-25-26-27-28-29-30-31-32-33-34-35-36-37-38-40-42-44-46-48-50-52-54-56-58-60-65(68)70-63(61-66)62-69-64(67)59-57-55-53-51-49-47-45-43-41-39-24-22-20-18-16-14-12-10-8-6-4-2/h15,17,21-24,63,66H,3-14,16,18-20,25-62H2,1-2H3/b17-15-,23-21-,24-22-. The molecule has 0 saturated heterocycles. The zero-order chi connectivity index (χ0) is 50.6. The fourth-order valence-electron chi connectivity index (χ4n) is 9.64. The first kappa shape index (κ1) is 68.1. The number of allylic oxidation sites excluding steroid dienone is 6. The van der Waals surface area contributed by atoms with Crippen LogP contribution >= 0.6 is 0 Å². The minimum absolute atomic E-state index is 0.0617. The molecule has 70 heavy (non-hydrogen) atoms. The van der Waals surface area contributed by atoms with Crippen LogP contribution in [0.1, 0.15) is 348 Å². The van der Waals surface area contributed by atoms with Crippen molar-refractivity contribution in [3.63, 3.8) is 0 Å². The van der Waals surface area contributed by atoms with Crippen molar-refractivity contribution in [2.75, 3.05) is 13.2 Å². The number of hydrogen-bond donors (Lipinski definition) is 1. The van der Waals surface area contributed by atoms with Crippen molar-refractivity contribution in [2.45, 2.75) is 354 Å². The first-order valence-electron chi connectivity index (χ1n) is 31.5. The maximum atomic E-state index is 12.3. The van der Waals surface area contributed by atoms with Gasteiger partial charge >= 0.3 is 11.9 Å². The number of ether oxygens (including phenoxy) is 2. The largest absolute Gasteiger partial charge is 0.462 e. The van der Waals surface area contributed by atoms with Crippen molar-refractivity contribution >= 4 is 11.9 Å². The van der Waals surface area contributed by atoms with E-state index < -0.39 is 6.10 Å². The molecule has 1 unspecified atom stereocenters. The second-order valence-corrected chi connectivity index (χ2v) is 21.5. The summed E-state index contributed by atoms with van der Waals surface area (Å²) in [6.07, 6.45) is 80.1. The van der Waals surface area contributed by atoms with Crippen molar-refractivity contribution in [1.82, 2.24) is 0 Å². The van der Waals surface area contributed by atoms with Crippen LogP contribution in [0.3, 0.4) is 0 Å². The highest BCUT2D eigenvalue weighted by atomic mass is 16.6. The Morgan fingerprint density at radius 2 is 0.571 bits per heavy atom. The van der Waals surface area contributed by atoms with E-state index in [0.29, 0.717) is 12.8 Å². The van der Waals surface area contributed by atoms with Gasteiger partial charge in [-0.3, -0.25) is 9.59 Å². The van der Waals surface area contributed by atoms with Gasteiger partial charge in [0.1, 0.15) is 6.61 Å². The lowest BCUT2D eigenvalue weighted by Crippen LogP contribution is -2.28. The number of rotatable bonds is 59. The molecule has 0 aromatic heterocycles. The smallest absolute Gasteiger partial charge is 0.306 e. The third-order valence-electron chi connectivity index (χ3n) is 14.4. The SMILES string of the molecule is CCCCCCC/C=C\C/C=C\CCCCCCCCCCCCCCCCCCCCCCCCCC(=O)OC(CO)COC(=O)CCCCCCCCCCC/C=C\CCCCCCCCCC. The van der Waals surface area contributed by atoms with E-state index in [1.807, 2.05) is 0 Å². The molecule has 0 bridgehead atoms. The Kier molecular flexibility index (Phi) is 59.8. The predicted octanol–water partition coefficient (Wildman–Crippen LogP) is 21.4. The van der Waals surface area contributed by atoms with Gasteiger partial charge < -0.3 is 14.6 Å². The van der Waals surface area contributed by atoms with Crippen molar-refractivity contribution in [2.24, 2.45) is 0 Å². The monoisotopic (exact) mass is 983 g/mol. The zero-order valence-corrected chi connectivity index (χ0v) is 47.3. The topological polar surface area (TPSA) is 72.8 Å². The van der Waals surface area contributed by atoms with Crippen LogP contribution in [0.4, 0.5) is 0 Å². The summed E-state index contributed by atoms with van der Waals surface area (Å²) in [7, 11) is 0. The van der Waals surface area contributed by atoms with E-state index in [-0.39, 0.29) is 25.2 Å². The van der Waals surface area contributed by atoms with E-state index in [1.165, 1.54) is 276 Å². The Labute approximate surface area is 437 Å². The van der Waals surface area contributed by atoms with Crippen LogP contribution in [-0.4, -0.2) is 36.4 Å². The Hall–Kier alpha value is -1.88. The predicted molar refractivity (Wildman–Crippen MR) is 307 cm³/mol. The molecule has 0 saturated carbocycles. The van der Waals surface area contributed by atoms with Gasteiger partial charge in [-0.1, -0.05) is 301 Å². The summed E-state index contributed by atoms with van der Waals surface area (Å²) >= 11 is 0. The summed E-state index contributed by atoms with van der Waals surface area (Å²) in [4.78, 5) is 24.6. The number of aliphatic hydroxyl groups excluding tert-OH is 1. The van der Waals surface area contributed by atoms with Crippen LogP contribution in [0, 0.1) is 0 Å². The van der Waals surface area contributed by atoms with Crippen LogP contribution in [-0.2, 0) is 19.1 Å². The molecular weight excluding hydrogens is 861 g/mol. The maximum Gasteiger partial charge on any atom is 0.306 e. The molecule has 412 valence electrons. The Morgan fingerprint density at radius 3 is 0.857 bits per heavy atom. The van der Waals surface area contributed by atoms with E-state index in [9.17, 15) is 14.7 Å². The van der Waals surface area contributed by atoms with Crippen molar-refractivity contribution in [1.29, 1.82) is 0 Å². The van der Waals surface area contributed by atoms with Gasteiger partial charge in [-0.15, -0.1) is 0 Å². The summed E-state index contributed by atoms with van der Waals surface area (Å²) in [6, 6.07) is 0. The molecule has 0 heterocycles. The fourth-order valence-corrected chi connectivity index (χ4v) is 9.64. The summed E-state index contributed by atoms with van der Waals surface area (Å²) in [6.45, 7) is 4.18. The zero-order valence-electron chi connectivity index (χ0n) is 47.3. The van der Waals surface area contributed by atoms with Gasteiger partial charge in [0.05, 0.1) is 6.61 Å². The van der Waals surface area contributed by atoms with Gasteiger partial charge in [-0.05, 0) is 70.6 Å². The lowest BCUT2D eigenvalue weighted by atomic mass is 10.0. The number of carbonyl (C=O) groups excluding carboxylic acids is 2. The fraction of sp³-hybridized carbons (Fsp3) is 0.877. The molecule has 0 radical (unpaired) electrons. The molecule has 0 aliphatic carbocycles. The van der Waals surface area contributed by atoms with E-state index in [0.717, 1.165) is 44.9 Å². The van der Waals surface area contributed by atoms with Gasteiger partial charge in [0.2, 0.25) is 0 Å². The van der Waals surface area contributed by atoms with Gasteiger partial charge in [-0.2, -0.15) is 0 Å². The molecule has 0 aliphatic rings. The summed E-state index contributed by atoms with van der Waals surface area (Å²) in [5, 5.41) is 9.67. The average Bonchev–Trinajstić information content (AvgIpc) is 3.36. The van der Waals surface area contributed by atoms with Crippen LogP contribution < -0.4 is 0 Å². The van der Waals surface area contributed by atoms with E-state index in [4.69, 9.17) is 9.47 Å². The molecule has 0 spiro atoms. The molecule has 1 atom stereocenters. The van der Waals surface area contributed by atoms with Gasteiger partial charge in [0.25, 0.3) is 0 Å². The third kappa shape index (κ3) is 58.7. The molecule has 5 nitrogen and oxygen atoms in total. The van der Waals surface area contributed by atoms with Crippen LogP contribution in [0.15, 0.2) is 36.5 Å². The number of carbonyl (C=O) groups is 2. The molecule has 0 aliphatic heterocycles. The first-order valence-corrected chi connectivity index (χ1v) is 31.5. The Balaban J connectivity index is 3.40. The minimum Gasteiger partial charge on any atom is -0.462 e. The number of unbranched alkanes of at least 4 members (excludes halogenated alkanes) is 45. The normalized spacial score (nSPS) is 12.3. The quantitative estimate of drug-likeness (QED) is 0.0373. The summed E-state index contributed by atoms with van der Waals surface area (Å²) in [5.74, 6) is -0.573. The Morgan fingerprint density at radius 1 is 0.329 bits per heavy atom. The molecule has 1 N–H and O–H groups in total. The molecule has 5 heteroatoms. The molecular formula is C65H122O5. The molecule has 0 aromatic carbocycles. The molecule has 0 amide bonds. The second kappa shape index (κ2) is 61.4. The number of hydrogen-bond acceptors (Lipinski definition) is 5. The van der Waals surface area contributed by atoms with Crippen LogP contribution in [0.2, 0.25) is 0 Å². The average molecular weight is 984 g/mol. The van der Waals surface area contributed by atoms with E-state index >= 15 is 0 Å². The van der Waals surface area contributed by atoms with E-state index in [2.05, 4.69) is 50.3 Å². The highest BCUT2D eigenvalue weighted by Crippen LogP contribution is 2.18. The van der Waals surface area contributed by atoms with Gasteiger partial charge in [0.15, 0.2) is 6.10 Å². The molecule has 0 rings (SSSR count). The molecule has 0 aromatic rings. The van der Waals surface area contributed by atoms with Crippen LogP contribution in [0.25, 0.3) is 0 Å². The number of esters is 2. The lowest BCUT2D eigenvalue weighted by molar-refractivity contribution is -0.161. The highest BCUT2D eigenvalue weighted by molar-refractivity contribution is 5.70. The van der Waals surface area contributed by atoms with Gasteiger partial charge in [0, 0.05) is 12.8 Å². The van der Waals surface area contributed by atoms with Crippen molar-refractivity contribution < 1.29 is 24.2 Å². The first-order chi connectivity index (χ1) is 34.6. The summed E-state index contributed by atoms with van der Waals surface area (Å²) < 4.78 is 10.7. The second-order valence-electron chi connectivity index (χ2n) is 21.5. The van der Waals surface area contributed by atoms with E-state index in [1.54, 1.807) is 0 Å². The minimum atomic E-state index is -0.770. The maximum absolute atomic E-state index is 12.3. The molecule has 0 fully saturated rings. The lowest BCUT2D eigenvalue weighted by Gasteiger charge is -2.15. The van der Waals surface area contributed by atoms with Crippen LogP contribution in [0.5, 0.6) is 0 Å². The number of aliphatic hydroxyl groups is 1. The Bertz CT molecular complexity index is 1110.